The Labute approximate surface area is 114 Å². The molecule has 0 unspecified atom stereocenters. The van der Waals surface area contributed by atoms with E-state index in [1.54, 1.807) is 0 Å². The van der Waals surface area contributed by atoms with Crippen LogP contribution in [0.2, 0.25) is 0 Å². The summed E-state index contributed by atoms with van der Waals surface area (Å²) in [5.41, 5.74) is 0.902. The molecule has 19 heavy (non-hydrogen) atoms. The Morgan fingerprint density at radius 3 is 2.53 bits per heavy atom. The van der Waals surface area contributed by atoms with Crippen LogP contribution in [0, 0.1) is 11.8 Å². The van der Waals surface area contributed by atoms with Crippen LogP contribution >= 0.6 is 0 Å². The van der Waals surface area contributed by atoms with Gasteiger partial charge in [0.15, 0.2) is 0 Å². The number of carbonyl (C=O) groups is 1. The molecule has 3 fully saturated rings. The number of piperidine rings is 1. The van der Waals surface area contributed by atoms with Crippen molar-refractivity contribution in [2.24, 2.45) is 0 Å². The van der Waals surface area contributed by atoms with Crippen molar-refractivity contribution in [1.82, 2.24) is 9.80 Å². The van der Waals surface area contributed by atoms with Crippen molar-refractivity contribution in [3.8, 4) is 11.8 Å². The smallest absolute Gasteiger partial charge is 0.299 e. The number of nitrogens with zero attached hydrogens (tertiary/aromatic N) is 2. The van der Waals surface area contributed by atoms with E-state index in [4.69, 9.17) is 0 Å². The molecule has 98 valence electrons. The maximum atomic E-state index is 12.2. The molecule has 3 nitrogen and oxygen atoms in total. The molecule has 0 atom stereocenters. The molecule has 3 aliphatic rings. The lowest BCUT2D eigenvalue weighted by molar-refractivity contribution is -0.127. The van der Waals surface area contributed by atoms with Gasteiger partial charge in [-0.05, 0) is 25.0 Å². The summed E-state index contributed by atoms with van der Waals surface area (Å²) in [4.78, 5) is 16.7. The van der Waals surface area contributed by atoms with Gasteiger partial charge in [-0.1, -0.05) is 24.1 Å². The molecule has 0 aromatic heterocycles. The minimum atomic E-state index is -0.0161. The fourth-order valence-electron chi connectivity index (χ4n) is 2.87. The van der Waals surface area contributed by atoms with Gasteiger partial charge in [-0.15, -0.1) is 0 Å². The molecule has 3 aliphatic heterocycles. The second kappa shape index (κ2) is 5.46. The summed E-state index contributed by atoms with van der Waals surface area (Å²) in [5.74, 6) is 5.75. The van der Waals surface area contributed by atoms with Crippen molar-refractivity contribution >= 4 is 5.91 Å². The van der Waals surface area contributed by atoms with Gasteiger partial charge in [-0.2, -0.15) is 0 Å². The Morgan fingerprint density at radius 2 is 1.79 bits per heavy atom. The van der Waals surface area contributed by atoms with Crippen LogP contribution in [-0.2, 0) is 4.79 Å². The number of fused-ring (bicyclic) bond motifs is 4. The van der Waals surface area contributed by atoms with Gasteiger partial charge in [-0.25, -0.2) is 0 Å². The number of hydrogen-bond acceptors (Lipinski definition) is 2. The van der Waals surface area contributed by atoms with Gasteiger partial charge in [-0.3, -0.25) is 4.79 Å². The van der Waals surface area contributed by atoms with Crippen LogP contribution in [0.15, 0.2) is 30.3 Å². The van der Waals surface area contributed by atoms with Crippen molar-refractivity contribution in [2.45, 2.75) is 18.9 Å². The Kier molecular flexibility index (Phi) is 3.52. The van der Waals surface area contributed by atoms with Gasteiger partial charge in [0.25, 0.3) is 5.91 Å². The zero-order valence-corrected chi connectivity index (χ0v) is 11.0. The predicted octanol–water partition coefficient (Wildman–Crippen LogP) is 1.34. The molecule has 0 saturated carbocycles. The average Bonchev–Trinajstić information content (AvgIpc) is 2.79. The standard InChI is InChI=1S/C16H18N2O/c19-16(7-6-14-4-2-1-3-5-14)18-13-12-17-10-8-15(18)9-11-17/h1-5,15H,8-13H2. The van der Waals surface area contributed by atoms with E-state index in [0.717, 1.165) is 44.6 Å². The second-order valence-electron chi connectivity index (χ2n) is 5.19. The molecule has 4 rings (SSSR count). The van der Waals surface area contributed by atoms with Gasteiger partial charge >= 0.3 is 0 Å². The molecule has 2 bridgehead atoms. The largest absolute Gasteiger partial charge is 0.328 e. The highest BCUT2D eigenvalue weighted by Crippen LogP contribution is 2.20. The molecule has 0 N–H and O–H groups in total. The molecule has 0 radical (unpaired) electrons. The molecule has 1 aromatic rings. The maximum Gasteiger partial charge on any atom is 0.299 e. The number of benzene rings is 1. The maximum absolute atomic E-state index is 12.2. The van der Waals surface area contributed by atoms with Crippen LogP contribution < -0.4 is 0 Å². The van der Waals surface area contributed by atoms with Crippen LogP contribution in [0.25, 0.3) is 0 Å². The zero-order valence-electron chi connectivity index (χ0n) is 11.0. The molecule has 3 heterocycles. The molecular weight excluding hydrogens is 236 g/mol. The minimum Gasteiger partial charge on any atom is -0.328 e. The van der Waals surface area contributed by atoms with E-state index in [9.17, 15) is 4.79 Å². The van der Waals surface area contributed by atoms with E-state index in [1.807, 2.05) is 35.2 Å². The minimum absolute atomic E-state index is 0.0161. The summed E-state index contributed by atoms with van der Waals surface area (Å²) in [5, 5.41) is 0. The van der Waals surface area contributed by atoms with Crippen LogP contribution in [0.3, 0.4) is 0 Å². The molecule has 1 amide bonds. The van der Waals surface area contributed by atoms with Crippen molar-refractivity contribution in [1.29, 1.82) is 0 Å². The van der Waals surface area contributed by atoms with E-state index in [-0.39, 0.29) is 5.91 Å². The third-order valence-electron chi connectivity index (χ3n) is 4.00. The van der Waals surface area contributed by atoms with E-state index in [0.29, 0.717) is 6.04 Å². The molecule has 0 aliphatic carbocycles. The summed E-state index contributed by atoms with van der Waals surface area (Å²) in [6.45, 7) is 4.07. The molecule has 3 heteroatoms. The van der Waals surface area contributed by atoms with E-state index >= 15 is 0 Å². The fourth-order valence-corrected chi connectivity index (χ4v) is 2.87. The highest BCUT2D eigenvalue weighted by Gasteiger charge is 2.31. The highest BCUT2D eigenvalue weighted by molar-refractivity contribution is 5.94. The lowest BCUT2D eigenvalue weighted by Gasteiger charge is -2.30. The van der Waals surface area contributed by atoms with Crippen molar-refractivity contribution < 1.29 is 4.79 Å². The lowest BCUT2D eigenvalue weighted by Crippen LogP contribution is -2.41. The summed E-state index contributed by atoms with van der Waals surface area (Å²) in [7, 11) is 0. The fraction of sp³-hybridized carbons (Fsp3) is 0.438. The SMILES string of the molecule is O=C(C#Cc1ccccc1)N1CCN2CCC1CC2. The van der Waals surface area contributed by atoms with E-state index in [2.05, 4.69) is 16.7 Å². The Hall–Kier alpha value is -1.79. The summed E-state index contributed by atoms with van der Waals surface area (Å²) in [6, 6.07) is 10.1. The zero-order chi connectivity index (χ0) is 13.1. The van der Waals surface area contributed by atoms with Crippen LogP contribution in [-0.4, -0.2) is 47.9 Å². The van der Waals surface area contributed by atoms with Gasteiger partial charge in [0.2, 0.25) is 0 Å². The third-order valence-corrected chi connectivity index (χ3v) is 4.00. The quantitative estimate of drug-likeness (QED) is 0.652. The Balaban J connectivity index is 1.72. The first-order valence-electron chi connectivity index (χ1n) is 6.93. The molecular formula is C16H18N2O. The van der Waals surface area contributed by atoms with Gasteiger partial charge < -0.3 is 9.80 Å². The summed E-state index contributed by atoms with van der Waals surface area (Å²) >= 11 is 0. The number of carbonyl (C=O) groups excluding carboxylic acids is 1. The summed E-state index contributed by atoms with van der Waals surface area (Å²) < 4.78 is 0. The van der Waals surface area contributed by atoms with Crippen molar-refractivity contribution in [2.75, 3.05) is 26.2 Å². The molecule has 0 spiro atoms. The van der Waals surface area contributed by atoms with Gasteiger partial charge in [0, 0.05) is 43.7 Å². The first kappa shape index (κ1) is 12.3. The first-order valence-corrected chi connectivity index (χ1v) is 6.93. The molecule has 3 saturated heterocycles. The van der Waals surface area contributed by atoms with Gasteiger partial charge in [0.05, 0.1) is 0 Å². The van der Waals surface area contributed by atoms with Crippen molar-refractivity contribution in [3.05, 3.63) is 35.9 Å². The molecule has 1 aromatic carbocycles. The lowest BCUT2D eigenvalue weighted by atomic mass is 10.1. The topological polar surface area (TPSA) is 23.6 Å². The number of rotatable bonds is 0. The van der Waals surface area contributed by atoms with Crippen molar-refractivity contribution in [3.63, 3.8) is 0 Å². The second-order valence-corrected chi connectivity index (χ2v) is 5.19. The van der Waals surface area contributed by atoms with E-state index in [1.165, 1.54) is 0 Å². The number of amides is 1. The third kappa shape index (κ3) is 2.80. The van der Waals surface area contributed by atoms with Crippen LogP contribution in [0.1, 0.15) is 18.4 Å². The average molecular weight is 254 g/mol. The highest BCUT2D eigenvalue weighted by atomic mass is 16.2. The monoisotopic (exact) mass is 254 g/mol. The Morgan fingerprint density at radius 1 is 1.05 bits per heavy atom. The normalized spacial score (nSPS) is 25.4. The number of hydrogen-bond donors (Lipinski definition) is 0. The van der Waals surface area contributed by atoms with Gasteiger partial charge in [0.1, 0.15) is 0 Å². The van der Waals surface area contributed by atoms with Crippen LogP contribution in [0.5, 0.6) is 0 Å². The summed E-state index contributed by atoms with van der Waals surface area (Å²) in [6.07, 6.45) is 2.19. The van der Waals surface area contributed by atoms with Crippen LogP contribution in [0.4, 0.5) is 0 Å². The Bertz CT molecular complexity index is 507. The first-order chi connectivity index (χ1) is 9.33. The predicted molar refractivity (Wildman–Crippen MR) is 74.5 cm³/mol. The van der Waals surface area contributed by atoms with E-state index < -0.39 is 0 Å².